The number of nitrogens with zero attached hydrogens (tertiary/aromatic N) is 1. The molecule has 2 amide bonds. The Bertz CT molecular complexity index is 533. The summed E-state index contributed by atoms with van der Waals surface area (Å²) in [6.45, 7) is 1.21. The Labute approximate surface area is 107 Å². The minimum Gasteiger partial charge on any atom is -0.368 e. The van der Waals surface area contributed by atoms with E-state index in [4.69, 9.17) is 5.73 Å². The predicted molar refractivity (Wildman–Crippen MR) is 63.6 cm³/mol. The Balaban J connectivity index is 2.97. The lowest BCUT2D eigenvalue weighted by Crippen LogP contribution is -2.45. The molecule has 19 heavy (non-hydrogen) atoms. The van der Waals surface area contributed by atoms with Gasteiger partial charge in [-0.3, -0.25) is 19.7 Å². The number of benzene rings is 1. The van der Waals surface area contributed by atoms with E-state index in [1.165, 1.54) is 13.0 Å². The van der Waals surface area contributed by atoms with Crippen LogP contribution in [0.1, 0.15) is 12.5 Å². The van der Waals surface area contributed by atoms with Crippen LogP contribution >= 0.6 is 0 Å². The maximum atomic E-state index is 13.1. The Kier molecular flexibility index (Phi) is 4.51. The third-order valence-corrected chi connectivity index (χ3v) is 2.37. The van der Waals surface area contributed by atoms with Crippen molar-refractivity contribution < 1.29 is 18.9 Å². The Hall–Kier alpha value is -2.51. The van der Waals surface area contributed by atoms with E-state index in [0.717, 1.165) is 12.1 Å². The highest BCUT2D eigenvalue weighted by Crippen LogP contribution is 2.19. The molecule has 0 aliphatic rings. The molecular formula is C11H12FN3O4. The zero-order valence-corrected chi connectivity index (χ0v) is 10.1. The number of nitrogens with one attached hydrogen (secondary N) is 1. The van der Waals surface area contributed by atoms with E-state index in [1.807, 2.05) is 0 Å². The van der Waals surface area contributed by atoms with Crippen LogP contribution in [0.4, 0.5) is 10.1 Å². The van der Waals surface area contributed by atoms with Gasteiger partial charge < -0.3 is 11.1 Å². The van der Waals surface area contributed by atoms with Gasteiger partial charge in [0.15, 0.2) is 0 Å². The fourth-order valence-electron chi connectivity index (χ4n) is 1.53. The minimum atomic E-state index is -0.998. The van der Waals surface area contributed by atoms with Crippen LogP contribution in [0.2, 0.25) is 0 Å². The second kappa shape index (κ2) is 5.89. The fraction of sp³-hybridized carbons (Fsp3) is 0.273. The van der Waals surface area contributed by atoms with E-state index in [9.17, 15) is 24.1 Å². The van der Waals surface area contributed by atoms with E-state index in [1.54, 1.807) is 0 Å². The van der Waals surface area contributed by atoms with E-state index in [-0.39, 0.29) is 6.42 Å². The summed E-state index contributed by atoms with van der Waals surface area (Å²) >= 11 is 0. The third-order valence-electron chi connectivity index (χ3n) is 2.37. The van der Waals surface area contributed by atoms with Crippen LogP contribution in [0.3, 0.4) is 0 Å². The first-order valence-electron chi connectivity index (χ1n) is 5.30. The molecular weight excluding hydrogens is 257 g/mol. The quantitative estimate of drug-likeness (QED) is 0.589. The molecule has 0 bridgehead atoms. The molecule has 0 aliphatic heterocycles. The number of hydrogen-bond donors (Lipinski definition) is 2. The molecule has 3 N–H and O–H groups in total. The molecule has 1 aromatic rings. The summed E-state index contributed by atoms with van der Waals surface area (Å²) in [5.74, 6) is -2.20. The average Bonchev–Trinajstić information content (AvgIpc) is 2.29. The summed E-state index contributed by atoms with van der Waals surface area (Å²) in [5, 5.41) is 12.9. The second-order valence-corrected chi connectivity index (χ2v) is 3.90. The van der Waals surface area contributed by atoms with E-state index in [0.29, 0.717) is 5.56 Å². The van der Waals surface area contributed by atoms with Gasteiger partial charge in [-0.25, -0.2) is 0 Å². The summed E-state index contributed by atoms with van der Waals surface area (Å²) in [6.07, 6.45) is -0.0456. The van der Waals surface area contributed by atoms with Crippen LogP contribution in [0, 0.1) is 15.9 Å². The molecule has 0 spiro atoms. The molecule has 102 valence electrons. The van der Waals surface area contributed by atoms with Gasteiger partial charge in [0.05, 0.1) is 4.92 Å². The van der Waals surface area contributed by atoms with E-state index < -0.39 is 34.3 Å². The maximum Gasteiger partial charge on any atom is 0.305 e. The number of nitro groups is 1. The normalized spacial score (nSPS) is 11.7. The topological polar surface area (TPSA) is 115 Å². The molecule has 0 heterocycles. The standard InChI is InChI=1S/C11H12FN3O4/c1-6(16)14-9(11(13)17)4-7-2-3-8(12)10(5-7)15(18)19/h2-3,5,9H,4H2,1H3,(H2,13,17)(H,14,16)/t9-/m0/s1. The summed E-state index contributed by atoms with van der Waals surface area (Å²) in [5.41, 5.74) is 4.73. The van der Waals surface area contributed by atoms with Crippen LogP contribution < -0.4 is 11.1 Å². The molecule has 0 fully saturated rings. The highest BCUT2D eigenvalue weighted by Gasteiger charge is 2.20. The average molecular weight is 269 g/mol. The number of carbonyl (C=O) groups is 2. The highest BCUT2D eigenvalue weighted by atomic mass is 19.1. The minimum absolute atomic E-state index is 0.0456. The van der Waals surface area contributed by atoms with Crippen LogP contribution in [-0.4, -0.2) is 22.8 Å². The predicted octanol–water partition coefficient (Wildman–Crippen LogP) is 0.266. The summed E-state index contributed by atoms with van der Waals surface area (Å²) < 4.78 is 13.1. The van der Waals surface area contributed by atoms with Gasteiger partial charge in [-0.15, -0.1) is 0 Å². The van der Waals surface area contributed by atoms with Crippen molar-refractivity contribution >= 4 is 17.5 Å². The molecule has 0 saturated heterocycles. The molecule has 1 aromatic carbocycles. The number of nitro benzene ring substituents is 1. The highest BCUT2D eigenvalue weighted by molar-refractivity contribution is 5.85. The van der Waals surface area contributed by atoms with Gasteiger partial charge in [0, 0.05) is 19.4 Å². The summed E-state index contributed by atoms with van der Waals surface area (Å²) in [7, 11) is 0. The number of carbonyl (C=O) groups excluding carboxylic acids is 2. The van der Waals surface area contributed by atoms with Crippen LogP contribution in [0.25, 0.3) is 0 Å². The number of rotatable bonds is 5. The lowest BCUT2D eigenvalue weighted by Gasteiger charge is -2.14. The van der Waals surface area contributed by atoms with Gasteiger partial charge in [0.25, 0.3) is 0 Å². The van der Waals surface area contributed by atoms with Gasteiger partial charge in [0.1, 0.15) is 6.04 Å². The summed E-state index contributed by atoms with van der Waals surface area (Å²) in [6, 6.07) is 2.23. The molecule has 0 aromatic heterocycles. The smallest absolute Gasteiger partial charge is 0.305 e. The van der Waals surface area contributed by atoms with Gasteiger partial charge in [0.2, 0.25) is 17.6 Å². The van der Waals surface area contributed by atoms with Crippen molar-refractivity contribution in [2.24, 2.45) is 5.73 Å². The van der Waals surface area contributed by atoms with Crippen molar-refractivity contribution in [2.45, 2.75) is 19.4 Å². The van der Waals surface area contributed by atoms with Crippen LogP contribution in [-0.2, 0) is 16.0 Å². The number of hydrogen-bond acceptors (Lipinski definition) is 4. The maximum absolute atomic E-state index is 13.1. The van der Waals surface area contributed by atoms with Crippen LogP contribution in [0.5, 0.6) is 0 Å². The first kappa shape index (κ1) is 14.6. The zero-order valence-electron chi connectivity index (χ0n) is 10.1. The second-order valence-electron chi connectivity index (χ2n) is 3.90. The van der Waals surface area contributed by atoms with Crippen LogP contribution in [0.15, 0.2) is 18.2 Å². The number of amides is 2. The van der Waals surface area contributed by atoms with Gasteiger partial charge in [-0.05, 0) is 11.6 Å². The molecule has 1 rings (SSSR count). The summed E-state index contributed by atoms with van der Waals surface area (Å²) in [4.78, 5) is 31.7. The lowest BCUT2D eigenvalue weighted by atomic mass is 10.0. The van der Waals surface area contributed by atoms with Crippen molar-refractivity contribution in [1.82, 2.24) is 5.32 Å². The molecule has 0 radical (unpaired) electrons. The van der Waals surface area contributed by atoms with Gasteiger partial charge >= 0.3 is 5.69 Å². The largest absolute Gasteiger partial charge is 0.368 e. The Morgan fingerprint density at radius 1 is 1.53 bits per heavy atom. The third kappa shape index (κ3) is 4.02. The first-order valence-corrected chi connectivity index (χ1v) is 5.30. The van der Waals surface area contributed by atoms with Gasteiger partial charge in [-0.1, -0.05) is 6.07 Å². The molecule has 0 unspecified atom stereocenters. The SMILES string of the molecule is CC(=O)N[C@@H](Cc1ccc(F)c([N+](=O)[O-])c1)C(N)=O. The first-order chi connectivity index (χ1) is 8.81. The van der Waals surface area contributed by atoms with Gasteiger partial charge in [-0.2, -0.15) is 4.39 Å². The van der Waals surface area contributed by atoms with Crippen molar-refractivity contribution in [3.8, 4) is 0 Å². The van der Waals surface area contributed by atoms with Crippen molar-refractivity contribution in [3.05, 3.63) is 39.7 Å². The number of halogens is 1. The zero-order chi connectivity index (χ0) is 14.6. The molecule has 7 nitrogen and oxygen atoms in total. The molecule has 8 heteroatoms. The molecule has 0 saturated carbocycles. The fourth-order valence-corrected chi connectivity index (χ4v) is 1.53. The van der Waals surface area contributed by atoms with Crippen molar-refractivity contribution in [2.75, 3.05) is 0 Å². The van der Waals surface area contributed by atoms with E-state index >= 15 is 0 Å². The monoisotopic (exact) mass is 269 g/mol. The molecule has 1 atom stereocenters. The lowest BCUT2D eigenvalue weighted by molar-refractivity contribution is -0.387. The Morgan fingerprint density at radius 3 is 2.63 bits per heavy atom. The number of primary amides is 1. The van der Waals surface area contributed by atoms with Crippen molar-refractivity contribution in [3.63, 3.8) is 0 Å². The van der Waals surface area contributed by atoms with E-state index in [2.05, 4.69) is 5.32 Å². The van der Waals surface area contributed by atoms with Crippen molar-refractivity contribution in [1.29, 1.82) is 0 Å². The number of nitrogens with two attached hydrogens (primary N) is 1. The Morgan fingerprint density at radius 2 is 2.16 bits per heavy atom. The molecule has 0 aliphatic carbocycles.